The molecule has 144 valence electrons. The Bertz CT molecular complexity index is 784. The van der Waals surface area contributed by atoms with Crippen LogP contribution >= 0.6 is 0 Å². The fraction of sp³-hybridized carbons (Fsp3) is 0.600. The molecule has 0 radical (unpaired) electrons. The number of carbonyl (C=O) groups excluding carboxylic acids is 1. The van der Waals surface area contributed by atoms with E-state index in [0.29, 0.717) is 17.8 Å². The molecule has 2 aliphatic rings. The molecule has 2 aromatic rings. The van der Waals surface area contributed by atoms with E-state index in [1.54, 1.807) is 10.9 Å². The Morgan fingerprint density at radius 3 is 2.96 bits per heavy atom. The van der Waals surface area contributed by atoms with E-state index in [9.17, 15) is 4.79 Å². The first kappa shape index (κ1) is 18.1. The van der Waals surface area contributed by atoms with Gasteiger partial charge in [-0.2, -0.15) is 0 Å². The quantitative estimate of drug-likeness (QED) is 0.812. The second-order valence-electron chi connectivity index (χ2n) is 7.79. The van der Waals surface area contributed by atoms with Crippen LogP contribution in [0.25, 0.3) is 0 Å². The average molecular weight is 368 g/mol. The highest BCUT2D eigenvalue weighted by molar-refractivity contribution is 5.92. The fourth-order valence-corrected chi connectivity index (χ4v) is 3.77. The first-order chi connectivity index (χ1) is 13.2. The summed E-state index contributed by atoms with van der Waals surface area (Å²) in [7, 11) is 0. The third kappa shape index (κ3) is 4.91. The van der Waals surface area contributed by atoms with Gasteiger partial charge in [-0.25, -0.2) is 0 Å². The molecule has 1 amide bonds. The van der Waals surface area contributed by atoms with E-state index < -0.39 is 0 Å². The number of hydrogen-bond acceptors (Lipinski definition) is 5. The van der Waals surface area contributed by atoms with Gasteiger partial charge in [0.1, 0.15) is 0 Å². The summed E-state index contributed by atoms with van der Waals surface area (Å²) < 4.78 is 1.81. The highest BCUT2D eigenvalue weighted by Crippen LogP contribution is 2.22. The number of nitrogens with zero attached hydrogens (tertiary/aromatic N) is 5. The van der Waals surface area contributed by atoms with Gasteiger partial charge in [-0.15, -0.1) is 5.10 Å². The number of aryl methyl sites for hydroxylation is 2. The van der Waals surface area contributed by atoms with Gasteiger partial charge in [0.25, 0.3) is 5.91 Å². The van der Waals surface area contributed by atoms with Crippen molar-refractivity contribution >= 4 is 5.91 Å². The van der Waals surface area contributed by atoms with Crippen LogP contribution in [0.4, 0.5) is 0 Å². The van der Waals surface area contributed by atoms with Gasteiger partial charge in [-0.05, 0) is 57.7 Å². The van der Waals surface area contributed by atoms with Crippen LogP contribution in [0.2, 0.25) is 0 Å². The molecule has 3 heterocycles. The highest BCUT2D eigenvalue weighted by atomic mass is 16.2. The van der Waals surface area contributed by atoms with E-state index in [4.69, 9.17) is 0 Å². The maximum absolute atomic E-state index is 12.1. The lowest BCUT2D eigenvalue weighted by Gasteiger charge is -2.35. The van der Waals surface area contributed by atoms with E-state index in [1.165, 1.54) is 19.3 Å². The van der Waals surface area contributed by atoms with Gasteiger partial charge in [0.15, 0.2) is 5.69 Å². The van der Waals surface area contributed by atoms with Gasteiger partial charge < -0.3 is 5.32 Å². The van der Waals surface area contributed by atoms with Crippen LogP contribution in [-0.2, 0) is 13.1 Å². The van der Waals surface area contributed by atoms with Gasteiger partial charge in [-0.3, -0.25) is 19.4 Å². The molecule has 1 saturated heterocycles. The molecule has 27 heavy (non-hydrogen) atoms. The number of amides is 1. The SMILES string of the molecule is Cc1cccc(CN2CCCC[C@@H]2CCn2cc(C(=O)NC3CC3)nn2)n1. The Morgan fingerprint density at radius 1 is 1.26 bits per heavy atom. The molecule has 1 saturated carbocycles. The van der Waals surface area contributed by atoms with Crippen molar-refractivity contribution in [3.05, 3.63) is 41.5 Å². The lowest BCUT2D eigenvalue weighted by Crippen LogP contribution is -2.39. The summed E-state index contributed by atoms with van der Waals surface area (Å²) in [5.74, 6) is -0.103. The molecule has 4 rings (SSSR count). The number of rotatable bonds is 7. The molecule has 0 unspecified atom stereocenters. The molecule has 1 N–H and O–H groups in total. The number of piperidine rings is 1. The van der Waals surface area contributed by atoms with Gasteiger partial charge >= 0.3 is 0 Å². The molecular weight excluding hydrogens is 340 g/mol. The van der Waals surface area contributed by atoms with Crippen molar-refractivity contribution < 1.29 is 4.79 Å². The summed E-state index contributed by atoms with van der Waals surface area (Å²) in [4.78, 5) is 19.3. The third-order valence-corrected chi connectivity index (χ3v) is 5.44. The van der Waals surface area contributed by atoms with E-state index in [1.807, 2.05) is 13.0 Å². The lowest BCUT2D eigenvalue weighted by atomic mass is 9.99. The molecule has 2 fully saturated rings. The average Bonchev–Trinajstić information content (AvgIpc) is 3.34. The van der Waals surface area contributed by atoms with Crippen molar-refractivity contribution in [2.45, 2.75) is 70.6 Å². The minimum atomic E-state index is -0.103. The van der Waals surface area contributed by atoms with Crippen LogP contribution in [0.3, 0.4) is 0 Å². The monoisotopic (exact) mass is 368 g/mol. The molecule has 7 nitrogen and oxygen atoms in total. The summed E-state index contributed by atoms with van der Waals surface area (Å²) >= 11 is 0. The lowest BCUT2D eigenvalue weighted by molar-refractivity contribution is 0.0946. The standard InChI is InChI=1S/C20H28N6O/c1-15-5-4-6-17(21-15)13-25-11-3-2-7-18(25)10-12-26-14-19(23-24-26)20(27)22-16-8-9-16/h4-6,14,16,18H,2-3,7-13H2,1H3,(H,22,27)/t18-/m1/s1. The second kappa shape index (κ2) is 8.17. The van der Waals surface area contributed by atoms with Crippen molar-refractivity contribution in [3.8, 4) is 0 Å². The van der Waals surface area contributed by atoms with Gasteiger partial charge in [0.2, 0.25) is 0 Å². The van der Waals surface area contributed by atoms with Gasteiger partial charge in [0, 0.05) is 30.9 Å². The summed E-state index contributed by atoms with van der Waals surface area (Å²) in [5, 5.41) is 11.1. The van der Waals surface area contributed by atoms with Crippen LogP contribution in [0.1, 0.15) is 60.4 Å². The van der Waals surface area contributed by atoms with Crippen LogP contribution in [0.15, 0.2) is 24.4 Å². The van der Waals surface area contributed by atoms with Crippen LogP contribution < -0.4 is 5.32 Å². The fourth-order valence-electron chi connectivity index (χ4n) is 3.77. The summed E-state index contributed by atoms with van der Waals surface area (Å²) in [6, 6.07) is 7.10. The van der Waals surface area contributed by atoms with E-state index in [-0.39, 0.29) is 5.91 Å². The van der Waals surface area contributed by atoms with Gasteiger partial charge in [-0.1, -0.05) is 17.7 Å². The number of aromatic nitrogens is 4. The van der Waals surface area contributed by atoms with E-state index >= 15 is 0 Å². The van der Waals surface area contributed by atoms with Crippen LogP contribution in [0, 0.1) is 6.92 Å². The molecule has 0 bridgehead atoms. The van der Waals surface area contributed by atoms with E-state index in [0.717, 1.165) is 50.3 Å². The summed E-state index contributed by atoms with van der Waals surface area (Å²) in [6.45, 7) is 4.84. The third-order valence-electron chi connectivity index (χ3n) is 5.44. The molecule has 0 aromatic carbocycles. The minimum absolute atomic E-state index is 0.103. The molecule has 0 spiro atoms. The maximum atomic E-state index is 12.1. The number of hydrogen-bond donors (Lipinski definition) is 1. The summed E-state index contributed by atoms with van der Waals surface area (Å²) in [6.07, 6.45) is 8.66. The van der Waals surface area contributed by atoms with E-state index in [2.05, 4.69) is 37.6 Å². The normalized spacial score (nSPS) is 20.6. The Balaban J connectivity index is 1.33. The molecular formula is C20H28N6O. The topological polar surface area (TPSA) is 75.9 Å². The van der Waals surface area contributed by atoms with Gasteiger partial charge in [0.05, 0.1) is 11.9 Å². The Morgan fingerprint density at radius 2 is 2.15 bits per heavy atom. The van der Waals surface area contributed by atoms with Crippen LogP contribution in [0.5, 0.6) is 0 Å². The smallest absolute Gasteiger partial charge is 0.273 e. The zero-order valence-electron chi connectivity index (χ0n) is 16.0. The molecule has 1 atom stereocenters. The first-order valence-corrected chi connectivity index (χ1v) is 10.0. The zero-order chi connectivity index (χ0) is 18.6. The predicted octanol–water partition coefficient (Wildman–Crippen LogP) is 2.32. The molecule has 1 aliphatic carbocycles. The van der Waals surface area contributed by atoms with Crippen LogP contribution in [-0.4, -0.2) is 49.4 Å². The highest BCUT2D eigenvalue weighted by Gasteiger charge is 2.26. The Labute approximate surface area is 160 Å². The second-order valence-corrected chi connectivity index (χ2v) is 7.79. The number of pyridine rings is 1. The first-order valence-electron chi connectivity index (χ1n) is 10.0. The molecule has 2 aromatic heterocycles. The zero-order valence-corrected chi connectivity index (χ0v) is 16.0. The maximum Gasteiger partial charge on any atom is 0.273 e. The van der Waals surface area contributed by atoms with Crippen molar-refractivity contribution in [2.75, 3.05) is 6.54 Å². The number of likely N-dealkylation sites (tertiary alicyclic amines) is 1. The Hall–Kier alpha value is -2.28. The molecule has 7 heteroatoms. The number of carbonyl (C=O) groups is 1. The minimum Gasteiger partial charge on any atom is -0.348 e. The van der Waals surface area contributed by atoms with Crippen molar-refractivity contribution in [1.82, 2.24) is 30.2 Å². The van der Waals surface area contributed by atoms with Crippen molar-refractivity contribution in [3.63, 3.8) is 0 Å². The van der Waals surface area contributed by atoms with Crippen molar-refractivity contribution in [1.29, 1.82) is 0 Å². The molecule has 1 aliphatic heterocycles. The Kier molecular flexibility index (Phi) is 5.48. The predicted molar refractivity (Wildman–Crippen MR) is 102 cm³/mol. The number of nitrogens with one attached hydrogen (secondary N) is 1. The summed E-state index contributed by atoms with van der Waals surface area (Å²) in [5.41, 5.74) is 2.63. The van der Waals surface area contributed by atoms with Crippen molar-refractivity contribution in [2.24, 2.45) is 0 Å². The largest absolute Gasteiger partial charge is 0.348 e.